The second-order valence-electron chi connectivity index (χ2n) is 4.19. The van der Waals surface area contributed by atoms with Crippen molar-refractivity contribution in [3.8, 4) is 0 Å². The minimum absolute atomic E-state index is 0.106. The lowest BCUT2D eigenvalue weighted by molar-refractivity contribution is 0.0755. The number of carbonyl (C=O) groups is 1. The lowest BCUT2D eigenvalue weighted by atomic mass is 10.3. The molecular formula is C12H20BrN3O2. The third-order valence-electron chi connectivity index (χ3n) is 2.37. The lowest BCUT2D eigenvalue weighted by Crippen LogP contribution is -2.28. The molecule has 0 aliphatic rings. The van der Waals surface area contributed by atoms with Crippen LogP contribution in [0.1, 0.15) is 37.7 Å². The van der Waals surface area contributed by atoms with Crippen LogP contribution in [0.25, 0.3) is 0 Å². The lowest BCUT2D eigenvalue weighted by Gasteiger charge is -2.09. The molecule has 1 rings (SSSR count). The average molecular weight is 318 g/mol. The van der Waals surface area contributed by atoms with Gasteiger partial charge in [-0.3, -0.25) is 9.48 Å². The van der Waals surface area contributed by atoms with Crippen LogP contribution in [0, 0.1) is 0 Å². The van der Waals surface area contributed by atoms with Crippen LogP contribution < -0.4 is 5.32 Å². The van der Waals surface area contributed by atoms with Crippen molar-refractivity contribution < 1.29 is 9.53 Å². The highest BCUT2D eigenvalue weighted by Gasteiger charge is 2.15. The Morgan fingerprint density at radius 2 is 2.33 bits per heavy atom. The summed E-state index contributed by atoms with van der Waals surface area (Å²) in [5, 5.41) is 6.97. The van der Waals surface area contributed by atoms with Gasteiger partial charge in [0.05, 0.1) is 16.8 Å². The molecule has 0 bridgehead atoms. The number of rotatable bonds is 7. The third-order valence-corrected chi connectivity index (χ3v) is 2.95. The second kappa shape index (κ2) is 7.53. The van der Waals surface area contributed by atoms with E-state index in [9.17, 15) is 4.79 Å². The highest BCUT2D eigenvalue weighted by Crippen LogP contribution is 2.15. The van der Waals surface area contributed by atoms with Gasteiger partial charge in [0, 0.05) is 19.7 Å². The van der Waals surface area contributed by atoms with Crippen molar-refractivity contribution in [1.82, 2.24) is 15.1 Å². The van der Waals surface area contributed by atoms with Gasteiger partial charge in [-0.2, -0.15) is 5.10 Å². The summed E-state index contributed by atoms with van der Waals surface area (Å²) in [5.74, 6) is -0.106. The van der Waals surface area contributed by atoms with Gasteiger partial charge in [0.15, 0.2) is 0 Å². The monoisotopic (exact) mass is 317 g/mol. The number of amides is 1. The Kier molecular flexibility index (Phi) is 6.35. The number of hydrogen-bond acceptors (Lipinski definition) is 3. The molecule has 0 radical (unpaired) electrons. The normalized spacial score (nSPS) is 10.9. The van der Waals surface area contributed by atoms with E-state index in [0.717, 1.165) is 10.9 Å². The molecule has 0 fully saturated rings. The first kappa shape index (κ1) is 15.2. The molecule has 0 aromatic carbocycles. The quantitative estimate of drug-likeness (QED) is 0.784. The van der Waals surface area contributed by atoms with E-state index in [1.807, 2.05) is 20.8 Å². The van der Waals surface area contributed by atoms with E-state index in [-0.39, 0.29) is 12.0 Å². The Balaban J connectivity index is 2.38. The topological polar surface area (TPSA) is 56.2 Å². The Hall–Kier alpha value is -0.880. The summed E-state index contributed by atoms with van der Waals surface area (Å²) in [5.41, 5.74) is 0.572. The van der Waals surface area contributed by atoms with E-state index in [1.165, 1.54) is 0 Å². The number of nitrogens with zero attached hydrogens (tertiary/aromatic N) is 2. The SMILES string of the molecule is CCn1ncc(Br)c1C(=O)NCCCOC(C)C. The number of aromatic nitrogens is 2. The van der Waals surface area contributed by atoms with Gasteiger partial charge >= 0.3 is 0 Å². The second-order valence-corrected chi connectivity index (χ2v) is 5.04. The van der Waals surface area contributed by atoms with Crippen molar-refractivity contribution in [2.24, 2.45) is 0 Å². The van der Waals surface area contributed by atoms with Crippen molar-refractivity contribution in [1.29, 1.82) is 0 Å². The Labute approximate surface area is 116 Å². The van der Waals surface area contributed by atoms with Gasteiger partial charge in [-0.05, 0) is 43.1 Å². The minimum atomic E-state index is -0.106. The fraction of sp³-hybridized carbons (Fsp3) is 0.667. The first-order valence-corrected chi connectivity index (χ1v) is 6.96. The van der Waals surface area contributed by atoms with Gasteiger partial charge in [0.1, 0.15) is 5.69 Å². The molecule has 1 heterocycles. The van der Waals surface area contributed by atoms with Crippen LogP contribution in [0.4, 0.5) is 0 Å². The van der Waals surface area contributed by atoms with Crippen molar-refractivity contribution in [2.75, 3.05) is 13.2 Å². The molecule has 0 spiro atoms. The average Bonchev–Trinajstić information content (AvgIpc) is 2.69. The molecule has 0 atom stereocenters. The van der Waals surface area contributed by atoms with Crippen LogP contribution in [-0.4, -0.2) is 34.9 Å². The van der Waals surface area contributed by atoms with E-state index in [4.69, 9.17) is 4.74 Å². The van der Waals surface area contributed by atoms with E-state index in [0.29, 0.717) is 25.4 Å². The highest BCUT2D eigenvalue weighted by atomic mass is 79.9. The van der Waals surface area contributed by atoms with Crippen LogP contribution in [0.3, 0.4) is 0 Å². The predicted molar refractivity (Wildman–Crippen MR) is 73.6 cm³/mol. The molecule has 0 saturated heterocycles. The number of ether oxygens (including phenoxy) is 1. The molecule has 18 heavy (non-hydrogen) atoms. The van der Waals surface area contributed by atoms with E-state index >= 15 is 0 Å². The summed E-state index contributed by atoms with van der Waals surface area (Å²) in [6, 6.07) is 0. The highest BCUT2D eigenvalue weighted by molar-refractivity contribution is 9.10. The zero-order valence-corrected chi connectivity index (χ0v) is 12.7. The molecule has 1 aromatic rings. The van der Waals surface area contributed by atoms with Crippen molar-refractivity contribution in [3.05, 3.63) is 16.4 Å². The van der Waals surface area contributed by atoms with E-state index in [1.54, 1.807) is 10.9 Å². The summed E-state index contributed by atoms with van der Waals surface area (Å²) in [6.07, 6.45) is 2.68. The van der Waals surface area contributed by atoms with Crippen LogP contribution in [0.2, 0.25) is 0 Å². The van der Waals surface area contributed by atoms with Crippen molar-refractivity contribution in [2.45, 2.75) is 39.8 Å². The van der Waals surface area contributed by atoms with Gasteiger partial charge < -0.3 is 10.1 Å². The molecule has 1 N–H and O–H groups in total. The standard InChI is InChI=1S/C12H20BrN3O2/c1-4-16-11(10(13)8-15-16)12(17)14-6-5-7-18-9(2)3/h8-9H,4-7H2,1-3H3,(H,14,17). The maximum absolute atomic E-state index is 12.0. The number of carbonyl (C=O) groups excluding carboxylic acids is 1. The molecule has 0 unspecified atom stereocenters. The molecule has 5 nitrogen and oxygen atoms in total. The maximum Gasteiger partial charge on any atom is 0.270 e. The smallest absolute Gasteiger partial charge is 0.270 e. The van der Waals surface area contributed by atoms with E-state index < -0.39 is 0 Å². The number of nitrogens with one attached hydrogen (secondary N) is 1. The molecular weight excluding hydrogens is 298 g/mol. The fourth-order valence-electron chi connectivity index (χ4n) is 1.50. The molecule has 6 heteroatoms. The number of aryl methyl sites for hydroxylation is 1. The fourth-order valence-corrected chi connectivity index (χ4v) is 1.98. The van der Waals surface area contributed by atoms with Gasteiger partial charge in [0.2, 0.25) is 0 Å². The summed E-state index contributed by atoms with van der Waals surface area (Å²) in [6.45, 7) is 7.88. The van der Waals surface area contributed by atoms with Gasteiger partial charge in [-0.25, -0.2) is 0 Å². The number of halogens is 1. The molecule has 102 valence electrons. The first-order valence-electron chi connectivity index (χ1n) is 6.17. The largest absolute Gasteiger partial charge is 0.379 e. The van der Waals surface area contributed by atoms with Crippen LogP contribution >= 0.6 is 15.9 Å². The summed E-state index contributed by atoms with van der Waals surface area (Å²) >= 11 is 3.33. The third kappa shape index (κ3) is 4.42. The molecule has 0 aliphatic carbocycles. The van der Waals surface area contributed by atoms with Gasteiger partial charge in [-0.1, -0.05) is 0 Å². The van der Waals surface area contributed by atoms with Crippen LogP contribution in [0.5, 0.6) is 0 Å². The minimum Gasteiger partial charge on any atom is -0.379 e. The van der Waals surface area contributed by atoms with Crippen LogP contribution in [-0.2, 0) is 11.3 Å². The van der Waals surface area contributed by atoms with Crippen LogP contribution in [0.15, 0.2) is 10.7 Å². The van der Waals surface area contributed by atoms with Crippen molar-refractivity contribution in [3.63, 3.8) is 0 Å². The molecule has 1 amide bonds. The van der Waals surface area contributed by atoms with Gasteiger partial charge in [0.25, 0.3) is 5.91 Å². The molecule has 0 aliphatic heterocycles. The zero-order chi connectivity index (χ0) is 13.5. The Bertz CT molecular complexity index is 391. The summed E-state index contributed by atoms with van der Waals surface area (Å²) in [4.78, 5) is 12.0. The van der Waals surface area contributed by atoms with Gasteiger partial charge in [-0.15, -0.1) is 0 Å². The Morgan fingerprint density at radius 3 is 2.94 bits per heavy atom. The summed E-state index contributed by atoms with van der Waals surface area (Å²) < 4.78 is 7.80. The van der Waals surface area contributed by atoms with Crippen molar-refractivity contribution >= 4 is 21.8 Å². The molecule has 1 aromatic heterocycles. The maximum atomic E-state index is 12.0. The van der Waals surface area contributed by atoms with E-state index in [2.05, 4.69) is 26.3 Å². The predicted octanol–water partition coefficient (Wildman–Crippen LogP) is 2.21. The summed E-state index contributed by atoms with van der Waals surface area (Å²) in [7, 11) is 0. The Morgan fingerprint density at radius 1 is 1.61 bits per heavy atom. The first-order chi connectivity index (χ1) is 8.56. The number of hydrogen-bond donors (Lipinski definition) is 1. The zero-order valence-electron chi connectivity index (χ0n) is 11.1. The molecule has 0 saturated carbocycles.